The topological polar surface area (TPSA) is 22.8 Å². The van der Waals surface area contributed by atoms with E-state index >= 15 is 0 Å². The summed E-state index contributed by atoms with van der Waals surface area (Å²) in [4.78, 5) is 0. The van der Waals surface area contributed by atoms with Crippen LogP contribution in [0.4, 0.5) is 0 Å². The van der Waals surface area contributed by atoms with E-state index in [1.165, 1.54) is 10.9 Å². The van der Waals surface area contributed by atoms with Crippen molar-refractivity contribution in [3.8, 4) is 0 Å². The Hall–Kier alpha value is -1.55. The van der Waals surface area contributed by atoms with E-state index in [0.29, 0.717) is 0 Å². The van der Waals surface area contributed by atoms with Gasteiger partial charge in [-0.2, -0.15) is 5.10 Å². The zero-order chi connectivity index (χ0) is 13.1. The smallest absolute Gasteiger partial charge is 0.0632 e. The number of halogens is 1. The third-order valence-electron chi connectivity index (χ3n) is 3.32. The second kappa shape index (κ2) is 5.61. The van der Waals surface area contributed by atoms with Crippen LogP contribution in [-0.4, -0.2) is 14.3 Å². The molecule has 4 heteroatoms. The monoisotopic (exact) mass is 317 g/mol. The van der Waals surface area contributed by atoms with E-state index < -0.39 is 0 Å². The van der Waals surface area contributed by atoms with E-state index in [2.05, 4.69) is 62.1 Å². The van der Waals surface area contributed by atoms with Crippen LogP contribution in [0.25, 0.3) is 10.9 Å². The maximum Gasteiger partial charge on any atom is 0.0632 e. The number of hydrogen-bond acceptors (Lipinski definition) is 1. The third-order valence-corrected chi connectivity index (χ3v) is 3.73. The van der Waals surface area contributed by atoms with Crippen molar-refractivity contribution in [1.29, 1.82) is 0 Å². The van der Waals surface area contributed by atoms with Crippen LogP contribution >= 0.6 is 15.9 Å². The molecule has 0 atom stereocenters. The standard InChI is InChI=1S/C15H16BrN3/c16-14-11-17-19(12-14)9-4-3-8-18-10-7-13-5-1-2-6-15(13)18/h1-2,5-7,10-12H,3-4,8-9H2. The molecule has 0 saturated carbocycles. The summed E-state index contributed by atoms with van der Waals surface area (Å²) in [6.45, 7) is 2.04. The van der Waals surface area contributed by atoms with Crippen LogP contribution in [0.2, 0.25) is 0 Å². The van der Waals surface area contributed by atoms with Gasteiger partial charge in [0.05, 0.1) is 10.7 Å². The molecule has 3 rings (SSSR count). The van der Waals surface area contributed by atoms with E-state index in [-0.39, 0.29) is 0 Å². The highest BCUT2D eigenvalue weighted by Gasteiger charge is 2.00. The van der Waals surface area contributed by atoms with Crippen LogP contribution in [0.15, 0.2) is 53.4 Å². The molecule has 2 aromatic heterocycles. The molecule has 0 radical (unpaired) electrons. The molecule has 0 fully saturated rings. The van der Waals surface area contributed by atoms with E-state index in [1.807, 2.05) is 17.1 Å². The Bertz CT molecular complexity index is 669. The van der Waals surface area contributed by atoms with Gasteiger partial charge in [-0.15, -0.1) is 0 Å². The highest BCUT2D eigenvalue weighted by Crippen LogP contribution is 2.16. The second-order valence-corrected chi connectivity index (χ2v) is 5.61. The van der Waals surface area contributed by atoms with Crippen molar-refractivity contribution in [2.75, 3.05) is 0 Å². The first-order valence-corrected chi connectivity index (χ1v) is 7.34. The van der Waals surface area contributed by atoms with Crippen LogP contribution in [-0.2, 0) is 13.1 Å². The lowest BCUT2D eigenvalue weighted by molar-refractivity contribution is 0.527. The van der Waals surface area contributed by atoms with Gasteiger partial charge in [0.15, 0.2) is 0 Å². The van der Waals surface area contributed by atoms with Crippen LogP contribution in [0.5, 0.6) is 0 Å². The van der Waals surface area contributed by atoms with Gasteiger partial charge in [-0.1, -0.05) is 18.2 Å². The summed E-state index contributed by atoms with van der Waals surface area (Å²) >= 11 is 3.41. The van der Waals surface area contributed by atoms with Gasteiger partial charge in [0.25, 0.3) is 0 Å². The van der Waals surface area contributed by atoms with Crippen LogP contribution < -0.4 is 0 Å². The van der Waals surface area contributed by atoms with Gasteiger partial charge in [-0.25, -0.2) is 0 Å². The average Bonchev–Trinajstić information content (AvgIpc) is 3.02. The van der Waals surface area contributed by atoms with E-state index in [4.69, 9.17) is 0 Å². The first kappa shape index (κ1) is 12.5. The molecule has 0 bridgehead atoms. The summed E-state index contributed by atoms with van der Waals surface area (Å²) in [6.07, 6.45) is 8.33. The molecule has 3 aromatic rings. The lowest BCUT2D eigenvalue weighted by Gasteiger charge is -2.05. The van der Waals surface area contributed by atoms with Gasteiger partial charge in [0.1, 0.15) is 0 Å². The van der Waals surface area contributed by atoms with Gasteiger partial charge in [-0.3, -0.25) is 4.68 Å². The number of hydrogen-bond donors (Lipinski definition) is 0. The van der Waals surface area contributed by atoms with E-state index in [0.717, 1.165) is 30.4 Å². The minimum atomic E-state index is 0.977. The number of fused-ring (bicyclic) bond motifs is 1. The molecule has 0 unspecified atom stereocenters. The fraction of sp³-hybridized carbons (Fsp3) is 0.267. The summed E-state index contributed by atoms with van der Waals surface area (Å²) in [5.74, 6) is 0. The summed E-state index contributed by atoms with van der Waals surface area (Å²) in [7, 11) is 0. The van der Waals surface area contributed by atoms with Crippen LogP contribution in [0, 0.1) is 0 Å². The molecule has 0 aliphatic rings. The maximum atomic E-state index is 4.26. The van der Waals surface area contributed by atoms with Crippen molar-refractivity contribution in [3.05, 3.63) is 53.4 Å². The molecular formula is C15H16BrN3. The normalized spacial score (nSPS) is 11.2. The number of para-hydroxylation sites is 1. The molecule has 1 aromatic carbocycles. The Morgan fingerprint density at radius 2 is 1.89 bits per heavy atom. The van der Waals surface area contributed by atoms with Crippen molar-refractivity contribution in [2.24, 2.45) is 0 Å². The molecule has 0 spiro atoms. The second-order valence-electron chi connectivity index (χ2n) is 4.70. The quantitative estimate of drug-likeness (QED) is 0.650. The molecule has 98 valence electrons. The first-order valence-electron chi connectivity index (χ1n) is 6.55. The van der Waals surface area contributed by atoms with E-state index in [9.17, 15) is 0 Å². The number of benzene rings is 1. The van der Waals surface area contributed by atoms with Crippen LogP contribution in [0.1, 0.15) is 12.8 Å². The minimum absolute atomic E-state index is 0.977. The molecule has 0 N–H and O–H groups in total. The Morgan fingerprint density at radius 3 is 2.74 bits per heavy atom. The molecule has 0 aliphatic carbocycles. The lowest BCUT2D eigenvalue weighted by atomic mass is 10.2. The highest BCUT2D eigenvalue weighted by molar-refractivity contribution is 9.10. The van der Waals surface area contributed by atoms with Gasteiger partial charge in [0.2, 0.25) is 0 Å². The average molecular weight is 318 g/mol. The predicted molar refractivity (Wildman–Crippen MR) is 81.1 cm³/mol. The van der Waals surface area contributed by atoms with Crippen LogP contribution in [0.3, 0.4) is 0 Å². The number of unbranched alkanes of at least 4 members (excludes halogenated alkanes) is 1. The summed E-state index contributed by atoms with van der Waals surface area (Å²) in [5.41, 5.74) is 1.32. The van der Waals surface area contributed by atoms with Gasteiger partial charge in [0, 0.05) is 31.0 Å². The molecule has 0 aliphatic heterocycles. The number of aryl methyl sites for hydroxylation is 2. The number of aromatic nitrogens is 3. The van der Waals surface area contributed by atoms with Gasteiger partial charge in [-0.05, 0) is 46.3 Å². The number of rotatable bonds is 5. The van der Waals surface area contributed by atoms with Crippen molar-refractivity contribution in [3.63, 3.8) is 0 Å². The maximum absolute atomic E-state index is 4.26. The summed E-state index contributed by atoms with van der Waals surface area (Å²) < 4.78 is 5.36. The molecule has 0 amide bonds. The number of nitrogens with zero attached hydrogens (tertiary/aromatic N) is 3. The van der Waals surface area contributed by atoms with E-state index in [1.54, 1.807) is 0 Å². The lowest BCUT2D eigenvalue weighted by Crippen LogP contribution is -2.01. The Kier molecular flexibility index (Phi) is 3.69. The SMILES string of the molecule is Brc1cnn(CCCCn2ccc3ccccc32)c1. The minimum Gasteiger partial charge on any atom is -0.347 e. The molecule has 19 heavy (non-hydrogen) atoms. The highest BCUT2D eigenvalue weighted by atomic mass is 79.9. The summed E-state index contributed by atoms with van der Waals surface area (Å²) in [5, 5.41) is 5.58. The zero-order valence-corrected chi connectivity index (χ0v) is 12.3. The predicted octanol–water partition coefficient (Wildman–Crippen LogP) is 4.08. The van der Waals surface area contributed by atoms with Crippen molar-refractivity contribution in [1.82, 2.24) is 14.3 Å². The van der Waals surface area contributed by atoms with Gasteiger partial charge >= 0.3 is 0 Å². The molecule has 2 heterocycles. The fourth-order valence-corrected chi connectivity index (χ4v) is 2.68. The zero-order valence-electron chi connectivity index (χ0n) is 10.7. The largest absolute Gasteiger partial charge is 0.347 e. The summed E-state index contributed by atoms with van der Waals surface area (Å²) in [6, 6.07) is 10.7. The van der Waals surface area contributed by atoms with Crippen molar-refractivity contribution < 1.29 is 0 Å². The Morgan fingerprint density at radius 1 is 1.05 bits per heavy atom. The van der Waals surface area contributed by atoms with Crippen molar-refractivity contribution >= 4 is 26.8 Å². The Labute approximate surface area is 121 Å². The fourth-order valence-electron chi connectivity index (χ4n) is 2.35. The molecule has 3 nitrogen and oxygen atoms in total. The first-order chi connectivity index (χ1) is 9.33. The van der Waals surface area contributed by atoms with Gasteiger partial charge < -0.3 is 4.57 Å². The van der Waals surface area contributed by atoms with Crippen molar-refractivity contribution in [2.45, 2.75) is 25.9 Å². The molecular weight excluding hydrogens is 302 g/mol. The third kappa shape index (κ3) is 2.89. The molecule has 0 saturated heterocycles. The Balaban J connectivity index is 1.55.